The average molecular weight is 346 g/mol. The third kappa shape index (κ3) is 2.05. The van der Waals surface area contributed by atoms with Gasteiger partial charge in [0.15, 0.2) is 0 Å². The molecule has 0 radical (unpaired) electrons. The second-order valence-corrected chi connectivity index (χ2v) is 8.75. The van der Waals surface area contributed by atoms with Gasteiger partial charge in [0.2, 0.25) is 0 Å². The fraction of sp³-hybridized carbons (Fsp3) is 0.800. The molecule has 8 heteroatoms. The van der Waals surface area contributed by atoms with Crippen LogP contribution < -0.4 is 0 Å². The van der Waals surface area contributed by atoms with Gasteiger partial charge in [-0.05, 0) is 27.7 Å². The van der Waals surface area contributed by atoms with Crippen molar-refractivity contribution in [2.75, 3.05) is 13.2 Å². The van der Waals surface area contributed by atoms with Crippen LogP contribution >= 0.6 is 0 Å². The summed E-state index contributed by atoms with van der Waals surface area (Å²) < 4.78 is 46.7. The van der Waals surface area contributed by atoms with Gasteiger partial charge in [0.25, 0.3) is 10.1 Å². The Labute approximate surface area is 136 Å². The molecule has 3 saturated heterocycles. The van der Waals surface area contributed by atoms with E-state index in [-0.39, 0.29) is 13.2 Å². The molecular weight excluding hydrogens is 324 g/mol. The van der Waals surface area contributed by atoms with Crippen LogP contribution in [-0.4, -0.2) is 55.8 Å². The Bertz CT molecular complexity index is 671. The minimum absolute atomic E-state index is 0.0499. The number of rotatable bonds is 5. The first kappa shape index (κ1) is 16.9. The maximum atomic E-state index is 12.2. The molecule has 2 bridgehead atoms. The lowest BCUT2D eigenvalue weighted by atomic mass is 9.67. The highest BCUT2D eigenvalue weighted by atomic mass is 32.2. The second kappa shape index (κ2) is 4.78. The quantitative estimate of drug-likeness (QED) is 0.317. The molecule has 0 spiro atoms. The van der Waals surface area contributed by atoms with E-state index in [0.29, 0.717) is 12.0 Å². The van der Waals surface area contributed by atoms with Crippen molar-refractivity contribution in [3.05, 3.63) is 12.2 Å². The van der Waals surface area contributed by atoms with Crippen molar-refractivity contribution < 1.29 is 31.6 Å². The van der Waals surface area contributed by atoms with Crippen LogP contribution in [0, 0.1) is 0 Å². The first-order chi connectivity index (χ1) is 10.5. The third-order valence-corrected chi connectivity index (χ3v) is 7.26. The molecule has 0 N–H and O–H groups in total. The van der Waals surface area contributed by atoms with Gasteiger partial charge in [-0.15, -0.1) is 0 Å². The summed E-state index contributed by atoms with van der Waals surface area (Å²) in [6.07, 6.45) is -0.210. The van der Waals surface area contributed by atoms with E-state index >= 15 is 0 Å². The molecule has 3 rings (SSSR count). The van der Waals surface area contributed by atoms with E-state index in [1.807, 2.05) is 6.92 Å². The smallest absolute Gasteiger partial charge is 0.333 e. The maximum Gasteiger partial charge on any atom is 0.333 e. The van der Waals surface area contributed by atoms with Gasteiger partial charge in [0.05, 0.1) is 12.2 Å². The van der Waals surface area contributed by atoms with Crippen LogP contribution in [0.1, 0.15) is 34.1 Å². The highest BCUT2D eigenvalue weighted by Crippen LogP contribution is 2.64. The lowest BCUT2D eigenvalue weighted by molar-refractivity contribution is -0.183. The Kier molecular flexibility index (Phi) is 3.51. The minimum atomic E-state index is -3.66. The van der Waals surface area contributed by atoms with E-state index in [4.69, 9.17) is 18.4 Å². The highest BCUT2D eigenvalue weighted by Gasteiger charge is 2.82. The molecule has 3 fully saturated rings. The summed E-state index contributed by atoms with van der Waals surface area (Å²) in [6, 6.07) is 0. The van der Waals surface area contributed by atoms with Gasteiger partial charge in [-0.2, -0.15) is 8.42 Å². The zero-order valence-electron chi connectivity index (χ0n) is 13.7. The van der Waals surface area contributed by atoms with Crippen molar-refractivity contribution in [2.24, 2.45) is 0 Å². The van der Waals surface area contributed by atoms with E-state index in [9.17, 15) is 13.2 Å². The number of hydrogen-bond donors (Lipinski definition) is 0. The lowest BCUT2D eigenvalue weighted by Gasteiger charge is -2.45. The summed E-state index contributed by atoms with van der Waals surface area (Å²) in [7, 11) is -3.66. The van der Waals surface area contributed by atoms with Gasteiger partial charge >= 0.3 is 5.97 Å². The van der Waals surface area contributed by atoms with E-state index in [1.54, 1.807) is 20.8 Å². The Hall–Kier alpha value is -0.960. The first-order valence-corrected chi connectivity index (χ1v) is 9.03. The van der Waals surface area contributed by atoms with E-state index in [0.717, 1.165) is 0 Å². The zero-order chi connectivity index (χ0) is 17.3. The molecule has 0 aromatic rings. The molecule has 7 nitrogen and oxygen atoms in total. The molecular formula is C15H22O7S. The third-order valence-electron chi connectivity index (χ3n) is 5.53. The van der Waals surface area contributed by atoms with Gasteiger partial charge in [0.1, 0.15) is 29.2 Å². The van der Waals surface area contributed by atoms with E-state index in [1.165, 1.54) is 0 Å². The van der Waals surface area contributed by atoms with Crippen LogP contribution in [0.15, 0.2) is 12.2 Å². The van der Waals surface area contributed by atoms with Crippen LogP contribution in [0.5, 0.6) is 0 Å². The topological polar surface area (TPSA) is 88.1 Å². The minimum Gasteiger partial charge on any atom is -0.460 e. The molecule has 0 saturated carbocycles. The van der Waals surface area contributed by atoms with Crippen molar-refractivity contribution in [1.29, 1.82) is 0 Å². The Balaban J connectivity index is 1.74. The van der Waals surface area contributed by atoms with E-state index < -0.39 is 44.2 Å². The Morgan fingerprint density at radius 2 is 1.96 bits per heavy atom. The molecule has 3 aliphatic heterocycles. The molecule has 23 heavy (non-hydrogen) atoms. The summed E-state index contributed by atoms with van der Waals surface area (Å²) in [5.74, 6) is -0.486. The number of carbonyl (C=O) groups is 1. The van der Waals surface area contributed by atoms with Crippen molar-refractivity contribution >= 4 is 16.1 Å². The number of ether oxygens (including phenoxy) is 3. The number of carbonyl (C=O) groups excluding carboxylic acids is 1. The van der Waals surface area contributed by atoms with Crippen LogP contribution in [-0.2, 0) is 33.3 Å². The highest BCUT2D eigenvalue weighted by molar-refractivity contribution is 7.87. The molecule has 3 aliphatic rings. The Morgan fingerprint density at radius 1 is 1.30 bits per heavy atom. The molecule has 3 heterocycles. The lowest BCUT2D eigenvalue weighted by Crippen LogP contribution is -2.63. The molecule has 5 atom stereocenters. The van der Waals surface area contributed by atoms with E-state index in [2.05, 4.69) is 6.58 Å². The summed E-state index contributed by atoms with van der Waals surface area (Å²) in [6.45, 7) is 10.6. The number of esters is 1. The van der Waals surface area contributed by atoms with Gasteiger partial charge in [-0.25, -0.2) is 4.79 Å². The molecule has 0 amide bonds. The fourth-order valence-electron chi connectivity index (χ4n) is 3.95. The molecule has 5 unspecified atom stereocenters. The first-order valence-electron chi connectivity index (χ1n) is 7.56. The number of hydrogen-bond acceptors (Lipinski definition) is 7. The second-order valence-electron chi connectivity index (χ2n) is 6.99. The van der Waals surface area contributed by atoms with Crippen molar-refractivity contribution in [3.63, 3.8) is 0 Å². The normalized spacial score (nSPS) is 46.1. The predicted octanol–water partition coefficient (Wildman–Crippen LogP) is 0.929. The largest absolute Gasteiger partial charge is 0.460 e. The zero-order valence-corrected chi connectivity index (χ0v) is 14.6. The van der Waals surface area contributed by atoms with Crippen molar-refractivity contribution in [3.8, 4) is 0 Å². The van der Waals surface area contributed by atoms with Gasteiger partial charge in [0, 0.05) is 12.0 Å². The molecule has 0 aliphatic carbocycles. The van der Waals surface area contributed by atoms with Gasteiger partial charge in [-0.3, -0.25) is 4.18 Å². The molecule has 0 aromatic heterocycles. The number of fused-ring (bicyclic) bond motifs is 1. The Morgan fingerprint density at radius 3 is 2.57 bits per heavy atom. The van der Waals surface area contributed by atoms with Crippen molar-refractivity contribution in [1.82, 2.24) is 0 Å². The summed E-state index contributed by atoms with van der Waals surface area (Å²) in [4.78, 5) is 11.4. The summed E-state index contributed by atoms with van der Waals surface area (Å²) in [5, 5.41) is -0.643. The SMILES string of the molecule is C=C(C)C(=O)OCCOC1(C)C2(C)CC3C(O2)C1(C)OS3(=O)=O. The summed E-state index contributed by atoms with van der Waals surface area (Å²) >= 11 is 0. The standard InChI is InChI=1S/C15H22O7S/c1-9(2)12(16)19-6-7-20-15(5)13(3)8-10-11(21-13)14(15,4)22-23(10,17)18/h10-11H,1,6-8H2,2-5H3. The van der Waals surface area contributed by atoms with Crippen LogP contribution in [0.3, 0.4) is 0 Å². The molecule has 130 valence electrons. The summed E-state index contributed by atoms with van der Waals surface area (Å²) in [5.41, 5.74) is -2.49. The van der Waals surface area contributed by atoms with Crippen molar-refractivity contribution in [2.45, 2.75) is 62.3 Å². The maximum absolute atomic E-state index is 12.2. The average Bonchev–Trinajstić information content (AvgIpc) is 2.93. The molecule has 0 aromatic carbocycles. The predicted molar refractivity (Wildman–Crippen MR) is 80.2 cm³/mol. The monoisotopic (exact) mass is 346 g/mol. The van der Waals surface area contributed by atoms with Crippen LogP contribution in [0.2, 0.25) is 0 Å². The van der Waals surface area contributed by atoms with Crippen LogP contribution in [0.25, 0.3) is 0 Å². The van der Waals surface area contributed by atoms with Crippen LogP contribution in [0.4, 0.5) is 0 Å². The van der Waals surface area contributed by atoms with Gasteiger partial charge < -0.3 is 14.2 Å². The fourth-order valence-corrected chi connectivity index (χ4v) is 5.95. The van der Waals surface area contributed by atoms with Gasteiger partial charge in [-0.1, -0.05) is 6.58 Å².